The van der Waals surface area contributed by atoms with Crippen molar-refractivity contribution in [3.05, 3.63) is 107 Å². The van der Waals surface area contributed by atoms with Crippen molar-refractivity contribution in [2.45, 2.75) is 49.7 Å². The predicted molar refractivity (Wildman–Crippen MR) is 173 cm³/mol. The molecular weight excluding hydrogens is 677 g/mol. The summed E-state index contributed by atoms with van der Waals surface area (Å²) in [6.07, 6.45) is 2.12. The number of carboxylic acid groups (broad SMARTS) is 1. The molecule has 5 rings (SSSR count). The summed E-state index contributed by atoms with van der Waals surface area (Å²) in [4.78, 5) is 55.8. The Hall–Kier alpha value is -6.06. The Kier molecular flexibility index (Phi) is 10.6. The molecule has 2 unspecified atom stereocenters. The molecule has 4 aromatic rings. The molecule has 1 aliphatic rings. The van der Waals surface area contributed by atoms with Crippen molar-refractivity contribution in [2.24, 2.45) is 0 Å². The number of anilines is 3. The van der Waals surface area contributed by atoms with Gasteiger partial charge < -0.3 is 10.4 Å². The van der Waals surface area contributed by atoms with Gasteiger partial charge in [0.05, 0.1) is 41.3 Å². The largest absolute Gasteiger partial charge is 0.481 e. The van der Waals surface area contributed by atoms with Gasteiger partial charge in [-0.05, 0) is 36.8 Å². The van der Waals surface area contributed by atoms with Crippen LogP contribution in [0.15, 0.2) is 79.4 Å². The van der Waals surface area contributed by atoms with Crippen LogP contribution in [0.4, 0.5) is 30.5 Å². The second kappa shape index (κ2) is 15.0. The van der Waals surface area contributed by atoms with Gasteiger partial charge in [-0.1, -0.05) is 29.8 Å². The van der Waals surface area contributed by atoms with Gasteiger partial charge in [-0.3, -0.25) is 29.2 Å². The summed E-state index contributed by atoms with van der Waals surface area (Å²) in [5.74, 6) is -7.25. The van der Waals surface area contributed by atoms with Crippen molar-refractivity contribution in [3.8, 4) is 12.1 Å². The van der Waals surface area contributed by atoms with Crippen LogP contribution in [-0.2, 0) is 14.4 Å². The number of halogens is 4. The highest BCUT2D eigenvalue weighted by atomic mass is 35.5. The quantitative estimate of drug-likeness (QED) is 0.193. The topological polar surface area (TPSA) is 176 Å². The predicted octanol–water partition coefficient (Wildman–Crippen LogP) is 5.47. The highest BCUT2D eigenvalue weighted by Gasteiger charge is 2.48. The Bertz CT molecular complexity index is 1960. The summed E-state index contributed by atoms with van der Waals surface area (Å²) in [5.41, 5.74) is -0.00443. The molecule has 0 aliphatic heterocycles. The van der Waals surface area contributed by atoms with Crippen LogP contribution in [0.1, 0.15) is 48.4 Å². The van der Waals surface area contributed by atoms with Crippen molar-refractivity contribution >= 4 is 46.7 Å². The molecule has 12 nitrogen and oxygen atoms in total. The van der Waals surface area contributed by atoms with E-state index in [-0.39, 0.29) is 39.0 Å². The summed E-state index contributed by atoms with van der Waals surface area (Å²) < 4.78 is 42.4. The maximum absolute atomic E-state index is 15.2. The summed E-state index contributed by atoms with van der Waals surface area (Å²) >= 11 is 6.57. The summed E-state index contributed by atoms with van der Waals surface area (Å²) in [6, 6.07) is 11.9. The van der Waals surface area contributed by atoms with Crippen LogP contribution >= 0.6 is 11.6 Å². The van der Waals surface area contributed by atoms with Gasteiger partial charge in [0.2, 0.25) is 5.91 Å². The summed E-state index contributed by atoms with van der Waals surface area (Å²) in [7, 11) is 0. The second-order valence-corrected chi connectivity index (χ2v) is 11.7. The number of carbonyl (C=O) groups is 3. The van der Waals surface area contributed by atoms with E-state index in [9.17, 15) is 38.4 Å². The smallest absolute Gasteiger partial charge is 0.303 e. The van der Waals surface area contributed by atoms with Gasteiger partial charge in [0.1, 0.15) is 29.5 Å². The zero-order valence-corrected chi connectivity index (χ0v) is 26.6. The number of hydrogen-bond donors (Lipinski definition) is 2. The Balaban J connectivity index is 1.74. The molecule has 0 saturated heterocycles. The van der Waals surface area contributed by atoms with Gasteiger partial charge in [0, 0.05) is 54.4 Å². The molecule has 2 amide bonds. The standard InChI is InChI=1S/C34H26ClF3N8O4/c35-26-4-2-1-3-25(26)31(32(49)44-23-14-34(37,38)15-23)45(24-13-22(36)18-41-19-24)33(50)27(5-6-30(47)48)46(28-11-20(16-39)7-9-42-28)29-12-21(17-40)8-10-43-29/h1-4,7-13,18-19,23,27,31H,5-6,14-15H2,(H,44,49)(H,47,48). The molecule has 1 fully saturated rings. The minimum absolute atomic E-state index is 0.000491. The second-order valence-electron chi connectivity index (χ2n) is 11.3. The third kappa shape index (κ3) is 7.97. The monoisotopic (exact) mass is 702 g/mol. The lowest BCUT2D eigenvalue weighted by Gasteiger charge is -2.40. The molecule has 3 heterocycles. The van der Waals surface area contributed by atoms with E-state index >= 15 is 4.79 Å². The van der Waals surface area contributed by atoms with Gasteiger partial charge in [0.15, 0.2) is 0 Å². The molecule has 254 valence electrons. The van der Waals surface area contributed by atoms with Crippen molar-refractivity contribution in [2.75, 3.05) is 9.80 Å². The number of alkyl halides is 2. The normalized spacial score (nSPS) is 14.6. The molecule has 1 saturated carbocycles. The van der Waals surface area contributed by atoms with Gasteiger partial charge >= 0.3 is 5.97 Å². The van der Waals surface area contributed by atoms with E-state index in [0.29, 0.717) is 0 Å². The van der Waals surface area contributed by atoms with E-state index in [1.807, 2.05) is 12.1 Å². The molecular formula is C34H26ClF3N8O4. The van der Waals surface area contributed by atoms with Crippen LogP contribution in [0.5, 0.6) is 0 Å². The minimum Gasteiger partial charge on any atom is -0.481 e. The van der Waals surface area contributed by atoms with Crippen molar-refractivity contribution in [1.82, 2.24) is 20.3 Å². The number of aliphatic carboxylic acids is 1. The zero-order chi connectivity index (χ0) is 36.0. The van der Waals surface area contributed by atoms with Crippen LogP contribution in [0.2, 0.25) is 5.02 Å². The Morgan fingerprint density at radius 2 is 1.62 bits per heavy atom. The molecule has 3 aromatic heterocycles. The van der Waals surface area contributed by atoms with Crippen LogP contribution in [-0.4, -0.2) is 55.8 Å². The third-order valence-corrected chi connectivity index (χ3v) is 8.16. The molecule has 50 heavy (non-hydrogen) atoms. The molecule has 1 aliphatic carbocycles. The number of hydrogen-bond acceptors (Lipinski definition) is 9. The number of pyridine rings is 3. The highest BCUT2D eigenvalue weighted by Crippen LogP contribution is 2.40. The first-order valence-corrected chi connectivity index (χ1v) is 15.4. The van der Waals surface area contributed by atoms with Crippen LogP contribution in [0, 0.1) is 28.5 Å². The maximum Gasteiger partial charge on any atom is 0.303 e. The van der Waals surface area contributed by atoms with Gasteiger partial charge in [-0.2, -0.15) is 10.5 Å². The van der Waals surface area contributed by atoms with E-state index in [1.54, 1.807) is 6.07 Å². The van der Waals surface area contributed by atoms with E-state index in [4.69, 9.17) is 11.6 Å². The zero-order valence-electron chi connectivity index (χ0n) is 25.9. The number of carbonyl (C=O) groups excluding carboxylic acids is 2. The molecule has 1 aromatic carbocycles. The van der Waals surface area contributed by atoms with Crippen molar-refractivity contribution in [3.63, 3.8) is 0 Å². The fourth-order valence-corrected chi connectivity index (χ4v) is 5.77. The summed E-state index contributed by atoms with van der Waals surface area (Å²) in [5, 5.41) is 31.6. The van der Waals surface area contributed by atoms with Gasteiger partial charge in [0.25, 0.3) is 11.8 Å². The Morgan fingerprint density at radius 1 is 1.00 bits per heavy atom. The number of rotatable bonds is 12. The average molecular weight is 703 g/mol. The van der Waals surface area contributed by atoms with E-state index in [0.717, 1.165) is 23.4 Å². The Labute approximate surface area is 288 Å². The number of nitrogens with one attached hydrogen (secondary N) is 1. The van der Waals surface area contributed by atoms with E-state index < -0.39 is 73.3 Å². The number of amides is 2. The van der Waals surface area contributed by atoms with E-state index in [1.165, 1.54) is 59.8 Å². The lowest BCUT2D eigenvalue weighted by Crippen LogP contribution is -2.56. The fourth-order valence-electron chi connectivity index (χ4n) is 5.53. The van der Waals surface area contributed by atoms with Crippen LogP contribution in [0.25, 0.3) is 0 Å². The molecule has 0 radical (unpaired) electrons. The number of aromatic nitrogens is 3. The minimum atomic E-state index is -3.00. The highest BCUT2D eigenvalue weighted by molar-refractivity contribution is 6.31. The first-order chi connectivity index (χ1) is 23.9. The lowest BCUT2D eigenvalue weighted by atomic mass is 9.87. The third-order valence-electron chi connectivity index (χ3n) is 7.82. The number of carboxylic acids is 1. The number of nitrogens with zero attached hydrogens (tertiary/aromatic N) is 7. The molecule has 2 N–H and O–H groups in total. The lowest BCUT2D eigenvalue weighted by molar-refractivity contribution is -0.137. The number of benzene rings is 1. The van der Waals surface area contributed by atoms with E-state index in [2.05, 4.69) is 20.3 Å². The molecule has 0 bridgehead atoms. The SMILES string of the molecule is N#Cc1ccnc(N(c2cc(C#N)ccn2)C(CCC(=O)O)C(=O)N(c2cncc(F)c2)C(C(=O)NC2CC(F)(F)C2)c2ccccc2Cl)c1. The maximum atomic E-state index is 15.2. The van der Waals surface area contributed by atoms with Crippen LogP contribution in [0.3, 0.4) is 0 Å². The Morgan fingerprint density at radius 3 is 2.16 bits per heavy atom. The molecule has 0 spiro atoms. The first-order valence-electron chi connectivity index (χ1n) is 15.0. The number of nitriles is 2. The molecule has 16 heteroatoms. The molecule has 2 atom stereocenters. The fraction of sp³-hybridized carbons (Fsp3) is 0.235. The van der Waals surface area contributed by atoms with Gasteiger partial charge in [-0.15, -0.1) is 0 Å². The van der Waals surface area contributed by atoms with Crippen molar-refractivity contribution in [1.29, 1.82) is 10.5 Å². The summed E-state index contributed by atoms with van der Waals surface area (Å²) in [6.45, 7) is 0. The van der Waals surface area contributed by atoms with Crippen molar-refractivity contribution < 1.29 is 32.7 Å². The van der Waals surface area contributed by atoms with Crippen LogP contribution < -0.4 is 15.1 Å². The average Bonchev–Trinajstić information content (AvgIpc) is 3.08. The van der Waals surface area contributed by atoms with Gasteiger partial charge in [-0.25, -0.2) is 23.1 Å². The first kappa shape index (κ1) is 35.3.